The van der Waals surface area contributed by atoms with Crippen molar-refractivity contribution in [1.82, 2.24) is 4.90 Å². The molecule has 0 aromatic heterocycles. The summed E-state index contributed by atoms with van der Waals surface area (Å²) >= 11 is 0. The van der Waals surface area contributed by atoms with Crippen LogP contribution in [0.4, 0.5) is 0 Å². The maximum Gasteiger partial charge on any atom is 0.248 e. The van der Waals surface area contributed by atoms with Gasteiger partial charge in [-0.1, -0.05) is 12.1 Å². The van der Waals surface area contributed by atoms with Gasteiger partial charge in [0.05, 0.1) is 6.42 Å². The minimum absolute atomic E-state index is 0.00201. The van der Waals surface area contributed by atoms with Crippen LogP contribution in [0.5, 0.6) is 0 Å². The van der Waals surface area contributed by atoms with E-state index in [-0.39, 0.29) is 18.1 Å². The summed E-state index contributed by atoms with van der Waals surface area (Å²) in [4.78, 5) is 35.6. The molecule has 21 heavy (non-hydrogen) atoms. The Morgan fingerprint density at radius 1 is 1.14 bits per heavy atom. The molecule has 0 radical (unpaired) electrons. The molecule has 1 saturated heterocycles. The van der Waals surface area contributed by atoms with Crippen molar-refractivity contribution >= 4 is 17.6 Å². The first-order chi connectivity index (χ1) is 9.97. The van der Waals surface area contributed by atoms with Crippen molar-refractivity contribution in [2.24, 2.45) is 5.73 Å². The molecule has 2 N–H and O–H groups in total. The molecule has 0 unspecified atom stereocenters. The van der Waals surface area contributed by atoms with Gasteiger partial charge in [-0.25, -0.2) is 0 Å². The monoisotopic (exact) mass is 288 g/mol. The zero-order valence-electron chi connectivity index (χ0n) is 12.2. The van der Waals surface area contributed by atoms with Crippen LogP contribution in [0.15, 0.2) is 24.3 Å². The van der Waals surface area contributed by atoms with Crippen LogP contribution < -0.4 is 5.73 Å². The number of likely N-dealkylation sites (tertiary alicyclic amines) is 1. The van der Waals surface area contributed by atoms with Crippen LogP contribution in [0.25, 0.3) is 0 Å². The Morgan fingerprint density at radius 2 is 1.71 bits per heavy atom. The molecule has 0 aliphatic carbocycles. The molecule has 112 valence electrons. The topological polar surface area (TPSA) is 80.5 Å². The van der Waals surface area contributed by atoms with E-state index in [2.05, 4.69) is 0 Å². The number of carbonyl (C=O) groups excluding carboxylic acids is 3. The number of carbonyl (C=O) groups is 3. The third-order valence-electron chi connectivity index (χ3n) is 3.91. The second kappa shape index (κ2) is 6.52. The highest BCUT2D eigenvalue weighted by atomic mass is 16.2. The van der Waals surface area contributed by atoms with Crippen LogP contribution in [-0.2, 0) is 9.59 Å². The van der Waals surface area contributed by atoms with Crippen LogP contribution in [-0.4, -0.2) is 35.6 Å². The van der Waals surface area contributed by atoms with Crippen LogP contribution >= 0.6 is 0 Å². The van der Waals surface area contributed by atoms with Crippen LogP contribution in [0.3, 0.4) is 0 Å². The standard InChI is InChI=1S/C16H20N2O3/c1-11(19)10-15(20)18-8-6-13(7-9-18)12-2-4-14(5-3-12)16(17)21/h2-5,13H,6-10H2,1H3,(H2,17,21). The lowest BCUT2D eigenvalue weighted by atomic mass is 9.89. The van der Waals surface area contributed by atoms with Gasteiger partial charge in [-0.2, -0.15) is 0 Å². The van der Waals surface area contributed by atoms with Gasteiger partial charge in [0.2, 0.25) is 11.8 Å². The van der Waals surface area contributed by atoms with Crippen LogP contribution in [0, 0.1) is 0 Å². The predicted molar refractivity (Wildman–Crippen MR) is 78.8 cm³/mol. The third kappa shape index (κ3) is 3.90. The fourth-order valence-corrected chi connectivity index (χ4v) is 2.71. The lowest BCUT2D eigenvalue weighted by molar-refractivity contribution is -0.135. The molecule has 1 aromatic carbocycles. The van der Waals surface area contributed by atoms with E-state index >= 15 is 0 Å². The fourth-order valence-electron chi connectivity index (χ4n) is 2.71. The smallest absolute Gasteiger partial charge is 0.248 e. The summed E-state index contributed by atoms with van der Waals surface area (Å²) in [5, 5.41) is 0. The van der Waals surface area contributed by atoms with E-state index in [1.165, 1.54) is 12.5 Å². The van der Waals surface area contributed by atoms with Crippen LogP contribution in [0.2, 0.25) is 0 Å². The molecule has 1 aromatic rings. The van der Waals surface area contributed by atoms with Crippen molar-refractivity contribution in [2.75, 3.05) is 13.1 Å². The molecule has 2 amide bonds. The molecule has 1 aliphatic rings. The second-order valence-corrected chi connectivity index (χ2v) is 5.52. The van der Waals surface area contributed by atoms with Crippen molar-refractivity contribution in [1.29, 1.82) is 0 Å². The predicted octanol–water partition coefficient (Wildman–Crippen LogP) is 1.47. The average molecular weight is 288 g/mol. The van der Waals surface area contributed by atoms with E-state index in [9.17, 15) is 14.4 Å². The molecule has 5 nitrogen and oxygen atoms in total. The number of piperidine rings is 1. The quantitative estimate of drug-likeness (QED) is 0.852. The summed E-state index contributed by atoms with van der Waals surface area (Å²) in [6.45, 7) is 2.79. The van der Waals surface area contributed by atoms with Gasteiger partial charge in [-0.05, 0) is 43.4 Å². The lowest BCUT2D eigenvalue weighted by Gasteiger charge is -2.32. The number of nitrogens with zero attached hydrogens (tertiary/aromatic N) is 1. The highest BCUT2D eigenvalue weighted by molar-refractivity contribution is 5.96. The van der Waals surface area contributed by atoms with E-state index in [0.717, 1.165) is 12.8 Å². The number of rotatable bonds is 4. The first kappa shape index (κ1) is 15.2. The summed E-state index contributed by atoms with van der Waals surface area (Å²) < 4.78 is 0. The third-order valence-corrected chi connectivity index (χ3v) is 3.91. The Hall–Kier alpha value is -2.17. The van der Waals surface area contributed by atoms with Gasteiger partial charge in [-0.15, -0.1) is 0 Å². The number of hydrogen-bond donors (Lipinski definition) is 1. The van der Waals surface area contributed by atoms with Crippen molar-refractivity contribution in [2.45, 2.75) is 32.1 Å². The molecule has 2 rings (SSSR count). The SMILES string of the molecule is CC(=O)CC(=O)N1CCC(c2ccc(C(N)=O)cc2)CC1. The first-order valence-corrected chi connectivity index (χ1v) is 7.14. The molecule has 0 bridgehead atoms. The molecule has 0 atom stereocenters. The molecule has 5 heteroatoms. The summed E-state index contributed by atoms with van der Waals surface area (Å²) in [6, 6.07) is 7.34. The van der Waals surface area contributed by atoms with Gasteiger partial charge < -0.3 is 10.6 Å². The van der Waals surface area contributed by atoms with Crippen molar-refractivity contribution in [3.63, 3.8) is 0 Å². The number of Topliss-reactive ketones (excluding diaryl/α,β-unsaturated/α-hetero) is 1. The summed E-state index contributed by atoms with van der Waals surface area (Å²) in [6.07, 6.45) is 1.75. The first-order valence-electron chi connectivity index (χ1n) is 7.14. The number of hydrogen-bond acceptors (Lipinski definition) is 3. The van der Waals surface area contributed by atoms with Gasteiger partial charge in [0.1, 0.15) is 5.78 Å². The lowest BCUT2D eigenvalue weighted by Crippen LogP contribution is -2.38. The Morgan fingerprint density at radius 3 is 2.19 bits per heavy atom. The minimum Gasteiger partial charge on any atom is -0.366 e. The van der Waals surface area contributed by atoms with Gasteiger partial charge >= 0.3 is 0 Å². The van der Waals surface area contributed by atoms with Crippen molar-refractivity contribution in [3.8, 4) is 0 Å². The maximum absolute atomic E-state index is 11.8. The largest absolute Gasteiger partial charge is 0.366 e. The normalized spacial score (nSPS) is 15.8. The van der Waals surface area contributed by atoms with Crippen molar-refractivity contribution in [3.05, 3.63) is 35.4 Å². The van der Waals surface area contributed by atoms with Crippen molar-refractivity contribution < 1.29 is 14.4 Å². The number of amides is 2. The highest BCUT2D eigenvalue weighted by Gasteiger charge is 2.24. The van der Waals surface area contributed by atoms with Gasteiger partial charge in [0.25, 0.3) is 0 Å². The molecule has 0 spiro atoms. The van der Waals surface area contributed by atoms with Gasteiger partial charge in [0, 0.05) is 18.7 Å². The molecule has 0 saturated carbocycles. The van der Waals surface area contributed by atoms with E-state index in [1.54, 1.807) is 17.0 Å². The van der Waals surface area contributed by atoms with E-state index < -0.39 is 5.91 Å². The number of ketones is 1. The highest BCUT2D eigenvalue weighted by Crippen LogP contribution is 2.28. The van der Waals surface area contributed by atoms with E-state index in [4.69, 9.17) is 5.73 Å². The fraction of sp³-hybridized carbons (Fsp3) is 0.438. The zero-order valence-corrected chi connectivity index (χ0v) is 12.2. The number of nitrogens with two attached hydrogens (primary N) is 1. The molecular formula is C16H20N2O3. The van der Waals surface area contributed by atoms with E-state index in [1.807, 2.05) is 12.1 Å². The second-order valence-electron chi connectivity index (χ2n) is 5.52. The summed E-state index contributed by atoms with van der Waals surface area (Å²) in [5.41, 5.74) is 6.90. The van der Waals surface area contributed by atoms with E-state index in [0.29, 0.717) is 24.6 Å². The number of primary amides is 1. The Kier molecular flexibility index (Phi) is 4.73. The Balaban J connectivity index is 1.93. The number of benzene rings is 1. The molecule has 1 heterocycles. The minimum atomic E-state index is -0.425. The zero-order chi connectivity index (χ0) is 15.4. The Bertz CT molecular complexity index is 543. The van der Waals surface area contributed by atoms with Gasteiger partial charge in [-0.3, -0.25) is 14.4 Å². The average Bonchev–Trinajstić information content (AvgIpc) is 2.47. The maximum atomic E-state index is 11.8. The summed E-state index contributed by atoms with van der Waals surface area (Å²) in [7, 11) is 0. The van der Waals surface area contributed by atoms with Gasteiger partial charge in [0.15, 0.2) is 0 Å². The van der Waals surface area contributed by atoms with Crippen LogP contribution in [0.1, 0.15) is 48.0 Å². The molecule has 1 fully saturated rings. The summed E-state index contributed by atoms with van der Waals surface area (Å²) in [5.74, 6) is -0.214. The molecule has 1 aliphatic heterocycles. The Labute approximate surface area is 124 Å². The molecular weight excluding hydrogens is 268 g/mol.